The van der Waals surface area contributed by atoms with Crippen molar-refractivity contribution < 1.29 is 0 Å². The van der Waals surface area contributed by atoms with E-state index in [1.807, 2.05) is 0 Å². The van der Waals surface area contributed by atoms with E-state index in [1.54, 1.807) is 11.1 Å². The molecule has 2 rings (SSSR count). The summed E-state index contributed by atoms with van der Waals surface area (Å²) >= 11 is 0. The Morgan fingerprint density at radius 2 is 1.92 bits per heavy atom. The molecule has 0 radical (unpaired) electrons. The zero-order valence-corrected chi connectivity index (χ0v) is 9.22. The lowest BCUT2D eigenvalue weighted by atomic mass is 9.80. The van der Waals surface area contributed by atoms with E-state index in [-0.39, 0.29) is 0 Å². The van der Waals surface area contributed by atoms with Crippen molar-refractivity contribution in [2.45, 2.75) is 40.5 Å². The largest absolute Gasteiger partial charge is 0.0668 e. The third kappa shape index (κ3) is 1.47. The summed E-state index contributed by atoms with van der Waals surface area (Å²) < 4.78 is 0. The van der Waals surface area contributed by atoms with Crippen LogP contribution in [0, 0.1) is 17.3 Å². The molecule has 0 spiro atoms. The molecule has 0 bridgehead atoms. The highest BCUT2D eigenvalue weighted by molar-refractivity contribution is 5.38. The summed E-state index contributed by atoms with van der Waals surface area (Å²) in [6.45, 7) is 9.27. The Kier molecular flexibility index (Phi) is 1.90. The lowest BCUT2D eigenvalue weighted by Crippen LogP contribution is -2.13. The molecule has 0 aromatic heterocycles. The first-order valence-electron chi connectivity index (χ1n) is 5.45. The van der Waals surface area contributed by atoms with Crippen molar-refractivity contribution in [3.8, 4) is 0 Å². The van der Waals surface area contributed by atoms with Gasteiger partial charge in [-0.2, -0.15) is 0 Å². The van der Waals surface area contributed by atoms with Crippen molar-refractivity contribution in [2.75, 3.05) is 0 Å². The highest BCUT2D eigenvalue weighted by Gasteiger charge is 2.45. The van der Waals surface area contributed by atoms with Gasteiger partial charge in [0.05, 0.1) is 0 Å². The molecule has 0 heteroatoms. The molecule has 0 N–H and O–H groups in total. The molecule has 0 aromatic carbocycles. The standard InChI is InChI=1S/C13H20/c1-5-9-6-7-12(13(2,3)4)11-8-10(9)11/h6-7,10-11H,5,8H2,1-4H3/t10-,11-/m0/s1. The van der Waals surface area contributed by atoms with Gasteiger partial charge in [-0.1, -0.05) is 51.0 Å². The van der Waals surface area contributed by atoms with E-state index in [0.717, 1.165) is 11.8 Å². The van der Waals surface area contributed by atoms with Gasteiger partial charge in [0.2, 0.25) is 0 Å². The van der Waals surface area contributed by atoms with E-state index >= 15 is 0 Å². The third-order valence-corrected chi connectivity index (χ3v) is 3.42. The minimum Gasteiger partial charge on any atom is -0.0668 e. The van der Waals surface area contributed by atoms with Crippen LogP contribution < -0.4 is 0 Å². The second-order valence-electron chi connectivity index (χ2n) is 5.42. The summed E-state index contributed by atoms with van der Waals surface area (Å²) in [4.78, 5) is 0. The predicted molar refractivity (Wildman–Crippen MR) is 57.5 cm³/mol. The Labute approximate surface area is 81.7 Å². The van der Waals surface area contributed by atoms with Gasteiger partial charge in [0, 0.05) is 0 Å². The van der Waals surface area contributed by atoms with Gasteiger partial charge in [0.15, 0.2) is 0 Å². The van der Waals surface area contributed by atoms with Crippen molar-refractivity contribution in [1.29, 1.82) is 0 Å². The van der Waals surface area contributed by atoms with Gasteiger partial charge >= 0.3 is 0 Å². The molecule has 0 saturated heterocycles. The van der Waals surface area contributed by atoms with Gasteiger partial charge in [0.1, 0.15) is 0 Å². The van der Waals surface area contributed by atoms with Crippen molar-refractivity contribution in [1.82, 2.24) is 0 Å². The van der Waals surface area contributed by atoms with E-state index in [2.05, 4.69) is 39.8 Å². The van der Waals surface area contributed by atoms with Crippen LogP contribution in [0.5, 0.6) is 0 Å². The van der Waals surface area contributed by atoms with Crippen LogP contribution in [0.25, 0.3) is 0 Å². The molecule has 0 heterocycles. The number of hydrogen-bond acceptors (Lipinski definition) is 0. The first kappa shape index (κ1) is 9.05. The van der Waals surface area contributed by atoms with E-state index in [1.165, 1.54) is 12.8 Å². The molecular weight excluding hydrogens is 156 g/mol. The average molecular weight is 176 g/mol. The lowest BCUT2D eigenvalue weighted by molar-refractivity contribution is 0.467. The van der Waals surface area contributed by atoms with Gasteiger partial charge in [-0.15, -0.1) is 0 Å². The Hall–Kier alpha value is -0.520. The second-order valence-corrected chi connectivity index (χ2v) is 5.42. The Balaban J connectivity index is 2.25. The van der Waals surface area contributed by atoms with E-state index in [9.17, 15) is 0 Å². The minimum absolute atomic E-state index is 0.384. The number of rotatable bonds is 1. The third-order valence-electron chi connectivity index (χ3n) is 3.42. The lowest BCUT2D eigenvalue weighted by Gasteiger charge is -2.25. The summed E-state index contributed by atoms with van der Waals surface area (Å²) in [5.74, 6) is 1.82. The Bertz CT molecular complexity index is 273. The number of fused-ring (bicyclic) bond motifs is 1. The summed E-state index contributed by atoms with van der Waals surface area (Å²) in [7, 11) is 0. The maximum absolute atomic E-state index is 2.38. The molecular formula is C13H20. The quantitative estimate of drug-likeness (QED) is 0.567. The van der Waals surface area contributed by atoms with Gasteiger partial charge < -0.3 is 0 Å². The Morgan fingerprint density at radius 1 is 1.23 bits per heavy atom. The first-order valence-corrected chi connectivity index (χ1v) is 5.45. The van der Waals surface area contributed by atoms with Gasteiger partial charge in [-0.3, -0.25) is 0 Å². The number of hydrogen-bond donors (Lipinski definition) is 0. The number of allylic oxidation sites excluding steroid dienone is 4. The summed E-state index contributed by atoms with van der Waals surface area (Å²) in [6, 6.07) is 0. The van der Waals surface area contributed by atoms with Gasteiger partial charge in [-0.25, -0.2) is 0 Å². The second kappa shape index (κ2) is 2.73. The first-order chi connectivity index (χ1) is 6.04. The smallest absolute Gasteiger partial charge is 0.0123 e. The maximum Gasteiger partial charge on any atom is -0.0123 e. The molecule has 13 heavy (non-hydrogen) atoms. The van der Waals surface area contributed by atoms with Crippen LogP contribution in [0.4, 0.5) is 0 Å². The molecule has 1 saturated carbocycles. The molecule has 0 aliphatic heterocycles. The van der Waals surface area contributed by atoms with Gasteiger partial charge in [-0.05, 0) is 30.1 Å². The van der Waals surface area contributed by atoms with Crippen LogP contribution in [0.15, 0.2) is 23.3 Å². The molecule has 2 aliphatic rings. The Morgan fingerprint density at radius 3 is 2.46 bits per heavy atom. The van der Waals surface area contributed by atoms with Crippen LogP contribution in [-0.2, 0) is 0 Å². The highest BCUT2D eigenvalue weighted by atomic mass is 14.5. The van der Waals surface area contributed by atoms with Crippen molar-refractivity contribution >= 4 is 0 Å². The van der Waals surface area contributed by atoms with Crippen molar-refractivity contribution in [3.63, 3.8) is 0 Å². The van der Waals surface area contributed by atoms with Crippen LogP contribution in [0.2, 0.25) is 0 Å². The molecule has 1 fully saturated rings. The van der Waals surface area contributed by atoms with E-state index in [4.69, 9.17) is 0 Å². The van der Waals surface area contributed by atoms with Crippen LogP contribution in [0.3, 0.4) is 0 Å². The fourth-order valence-corrected chi connectivity index (χ4v) is 2.58. The van der Waals surface area contributed by atoms with Gasteiger partial charge in [0.25, 0.3) is 0 Å². The zero-order chi connectivity index (χ0) is 9.64. The molecule has 0 amide bonds. The monoisotopic (exact) mass is 176 g/mol. The van der Waals surface area contributed by atoms with E-state index < -0.39 is 0 Å². The highest BCUT2D eigenvalue weighted by Crippen LogP contribution is 2.56. The molecule has 0 unspecified atom stereocenters. The molecule has 0 nitrogen and oxygen atoms in total. The fraction of sp³-hybridized carbons (Fsp3) is 0.692. The maximum atomic E-state index is 2.38. The minimum atomic E-state index is 0.384. The topological polar surface area (TPSA) is 0 Å². The summed E-state index contributed by atoms with van der Waals surface area (Å²) in [5.41, 5.74) is 3.74. The van der Waals surface area contributed by atoms with Crippen LogP contribution in [0.1, 0.15) is 40.5 Å². The van der Waals surface area contributed by atoms with Crippen molar-refractivity contribution in [3.05, 3.63) is 23.3 Å². The molecule has 0 aromatic rings. The zero-order valence-electron chi connectivity index (χ0n) is 9.22. The fourth-order valence-electron chi connectivity index (χ4n) is 2.58. The summed E-state index contributed by atoms with van der Waals surface area (Å²) in [5, 5.41) is 0. The predicted octanol–water partition coefficient (Wildman–Crippen LogP) is 3.95. The summed E-state index contributed by atoms with van der Waals surface area (Å²) in [6.07, 6.45) is 7.42. The normalized spacial score (nSPS) is 32.0. The van der Waals surface area contributed by atoms with Crippen LogP contribution in [-0.4, -0.2) is 0 Å². The SMILES string of the molecule is CCC1=CC=C(C(C)(C)C)[C@H]2C[C@@H]12. The molecule has 2 aliphatic carbocycles. The van der Waals surface area contributed by atoms with Crippen molar-refractivity contribution in [2.24, 2.45) is 17.3 Å². The van der Waals surface area contributed by atoms with Crippen LogP contribution >= 0.6 is 0 Å². The van der Waals surface area contributed by atoms with E-state index in [0.29, 0.717) is 5.41 Å². The molecule has 2 atom stereocenters. The average Bonchev–Trinajstić information content (AvgIpc) is 2.78. The molecule has 72 valence electrons.